The molecule has 0 radical (unpaired) electrons. The van der Waals surface area contributed by atoms with Crippen molar-refractivity contribution >= 4 is 27.5 Å². The van der Waals surface area contributed by atoms with Crippen LogP contribution in [-0.4, -0.2) is 43.8 Å². The number of hydrogen-bond donors (Lipinski definition) is 1. The maximum Gasteiger partial charge on any atom is 0.416 e. The summed E-state index contributed by atoms with van der Waals surface area (Å²) in [7, 11) is -4.53. The summed E-state index contributed by atoms with van der Waals surface area (Å²) in [5, 5.41) is 2.83. The average molecular weight is 608 g/mol. The molecule has 3 rings (SSSR count). The fourth-order valence-corrected chi connectivity index (χ4v) is 5.66. The largest absolute Gasteiger partial charge is 0.416 e. The summed E-state index contributed by atoms with van der Waals surface area (Å²) in [6.07, 6.45) is -3.99. The predicted octanol–water partition coefficient (Wildman–Crippen LogP) is 5.76. The van der Waals surface area contributed by atoms with E-state index in [1.807, 2.05) is 6.92 Å². The minimum atomic E-state index is -4.77. The molecule has 226 valence electrons. The summed E-state index contributed by atoms with van der Waals surface area (Å²) in [6, 6.07) is 14.7. The zero-order valence-electron chi connectivity index (χ0n) is 23.4. The molecule has 0 spiro atoms. The molecule has 1 N–H and O–H groups in total. The van der Waals surface area contributed by atoms with Crippen molar-refractivity contribution in [3.05, 3.63) is 95.8 Å². The maximum atomic E-state index is 14.0. The van der Waals surface area contributed by atoms with Crippen LogP contribution in [-0.2, 0) is 32.3 Å². The van der Waals surface area contributed by atoms with Crippen molar-refractivity contribution in [3.63, 3.8) is 0 Å². The van der Waals surface area contributed by atoms with Crippen LogP contribution in [0.15, 0.2) is 83.8 Å². The van der Waals surface area contributed by atoms with Gasteiger partial charge in [0.25, 0.3) is 10.0 Å². The Kier molecular flexibility index (Phi) is 10.7. The number of nitrogens with zero attached hydrogens (tertiary/aromatic N) is 2. The molecule has 0 aliphatic heterocycles. The second kappa shape index (κ2) is 13.8. The van der Waals surface area contributed by atoms with Crippen LogP contribution < -0.4 is 9.62 Å². The Morgan fingerprint density at radius 1 is 0.905 bits per heavy atom. The number of benzene rings is 3. The predicted molar refractivity (Wildman–Crippen MR) is 151 cm³/mol. The first-order chi connectivity index (χ1) is 19.8. The van der Waals surface area contributed by atoms with Gasteiger partial charge in [0.15, 0.2) is 0 Å². The normalized spacial score (nSPS) is 13.2. The van der Waals surface area contributed by atoms with Crippen LogP contribution in [0.5, 0.6) is 0 Å². The summed E-state index contributed by atoms with van der Waals surface area (Å²) in [5.41, 5.74) is -1.000. The van der Waals surface area contributed by atoms with Gasteiger partial charge in [-0.15, -0.1) is 0 Å². The van der Waals surface area contributed by atoms with E-state index in [0.29, 0.717) is 22.4 Å². The van der Waals surface area contributed by atoms with Crippen LogP contribution in [0.3, 0.4) is 0 Å². The summed E-state index contributed by atoms with van der Waals surface area (Å²) < 4.78 is 82.4. The smallest absolute Gasteiger partial charge is 0.352 e. The van der Waals surface area contributed by atoms with E-state index >= 15 is 0 Å². The third-order valence-electron chi connectivity index (χ3n) is 6.72. The van der Waals surface area contributed by atoms with Gasteiger partial charge in [0.05, 0.1) is 16.1 Å². The Bertz CT molecular complexity index is 1470. The van der Waals surface area contributed by atoms with Crippen LogP contribution in [0.2, 0.25) is 0 Å². The van der Waals surface area contributed by atoms with E-state index in [1.165, 1.54) is 59.5 Å². The van der Waals surface area contributed by atoms with E-state index < -0.39 is 52.0 Å². The Morgan fingerprint density at radius 2 is 1.55 bits per heavy atom. The van der Waals surface area contributed by atoms with Crippen LogP contribution in [0.1, 0.15) is 44.7 Å². The molecule has 3 aromatic rings. The van der Waals surface area contributed by atoms with E-state index in [9.17, 15) is 35.6 Å². The molecule has 2 atom stereocenters. The molecule has 0 fully saturated rings. The lowest BCUT2D eigenvalue weighted by Gasteiger charge is -2.33. The Labute approximate surface area is 243 Å². The highest BCUT2D eigenvalue weighted by molar-refractivity contribution is 7.92. The first kappa shape index (κ1) is 32.6. The lowest BCUT2D eigenvalue weighted by molar-refractivity contribution is -0.140. The van der Waals surface area contributed by atoms with Gasteiger partial charge in [0, 0.05) is 12.6 Å². The zero-order valence-corrected chi connectivity index (χ0v) is 24.3. The van der Waals surface area contributed by atoms with Crippen molar-refractivity contribution in [2.45, 2.75) is 63.3 Å². The summed E-state index contributed by atoms with van der Waals surface area (Å²) in [4.78, 5) is 28.1. The van der Waals surface area contributed by atoms with E-state index in [-0.39, 0.29) is 29.6 Å². The first-order valence-electron chi connectivity index (χ1n) is 13.4. The molecule has 0 aliphatic carbocycles. The quantitative estimate of drug-likeness (QED) is 0.265. The topological polar surface area (TPSA) is 86.8 Å². The van der Waals surface area contributed by atoms with Crippen LogP contribution in [0.4, 0.5) is 23.2 Å². The molecule has 0 heterocycles. The number of hydrogen-bond acceptors (Lipinski definition) is 4. The minimum absolute atomic E-state index is 0.157. The van der Waals surface area contributed by atoms with Crippen LogP contribution >= 0.6 is 0 Å². The number of carbonyl (C=O) groups excluding carboxylic acids is 2. The van der Waals surface area contributed by atoms with Gasteiger partial charge in [0.1, 0.15) is 18.4 Å². The van der Waals surface area contributed by atoms with Gasteiger partial charge in [-0.3, -0.25) is 13.9 Å². The number of amides is 2. The molecule has 0 aliphatic rings. The molecule has 0 bridgehead atoms. The Morgan fingerprint density at radius 3 is 2.12 bits per heavy atom. The van der Waals surface area contributed by atoms with Crippen molar-refractivity contribution in [1.29, 1.82) is 0 Å². The third-order valence-corrected chi connectivity index (χ3v) is 8.51. The van der Waals surface area contributed by atoms with Gasteiger partial charge in [-0.1, -0.05) is 50.2 Å². The van der Waals surface area contributed by atoms with Crippen LogP contribution in [0, 0.1) is 5.82 Å². The molecule has 7 nitrogen and oxygen atoms in total. The van der Waals surface area contributed by atoms with Gasteiger partial charge in [-0.05, 0) is 67.8 Å². The van der Waals surface area contributed by atoms with E-state index in [1.54, 1.807) is 19.9 Å². The van der Waals surface area contributed by atoms with Gasteiger partial charge >= 0.3 is 6.18 Å². The van der Waals surface area contributed by atoms with Crippen molar-refractivity contribution in [1.82, 2.24) is 10.2 Å². The number of alkyl halides is 3. The second-order valence-electron chi connectivity index (χ2n) is 9.76. The number of nitrogens with one attached hydrogen (secondary N) is 1. The van der Waals surface area contributed by atoms with Gasteiger partial charge in [-0.2, -0.15) is 13.2 Å². The number of anilines is 1. The second-order valence-corrected chi connectivity index (χ2v) is 11.6. The molecule has 0 unspecified atom stereocenters. The summed E-state index contributed by atoms with van der Waals surface area (Å²) in [5.74, 6) is -1.82. The molecule has 0 saturated carbocycles. The highest BCUT2D eigenvalue weighted by Gasteiger charge is 2.36. The first-order valence-corrected chi connectivity index (χ1v) is 14.8. The van der Waals surface area contributed by atoms with E-state index in [0.717, 1.165) is 12.1 Å². The lowest BCUT2D eigenvalue weighted by Crippen LogP contribution is -2.53. The molecular formula is C30H33F4N3O4S. The van der Waals surface area contributed by atoms with Gasteiger partial charge < -0.3 is 10.2 Å². The highest BCUT2D eigenvalue weighted by Crippen LogP contribution is 2.33. The van der Waals surface area contributed by atoms with Crippen molar-refractivity contribution in [2.75, 3.05) is 10.8 Å². The fourth-order valence-electron chi connectivity index (χ4n) is 4.23. The zero-order chi connectivity index (χ0) is 31.1. The lowest BCUT2D eigenvalue weighted by atomic mass is 10.1. The van der Waals surface area contributed by atoms with Crippen molar-refractivity contribution in [2.24, 2.45) is 0 Å². The number of rotatable bonds is 12. The molecule has 42 heavy (non-hydrogen) atoms. The van der Waals surface area contributed by atoms with Crippen LogP contribution in [0.25, 0.3) is 0 Å². The van der Waals surface area contributed by atoms with E-state index in [2.05, 4.69) is 5.32 Å². The molecule has 12 heteroatoms. The molecule has 0 saturated heterocycles. The number of carbonyl (C=O) groups is 2. The Hall–Kier alpha value is -3.93. The van der Waals surface area contributed by atoms with Gasteiger partial charge in [-0.25, -0.2) is 12.8 Å². The number of sulfonamides is 1. The van der Waals surface area contributed by atoms with Crippen molar-refractivity contribution in [3.8, 4) is 0 Å². The standard InChI is InChI=1S/C30H33F4N3O4S/c1-4-21(3)35-29(39)27(5-2)36(19-22-14-16-24(31)17-15-22)28(38)20-37(42(40,41)26-12-7-6-8-13-26)25-11-9-10-23(18-25)30(32,33)34/h6-18,21,27H,4-5,19-20H2,1-3H3,(H,35,39)/t21-,27-/m1/s1. The highest BCUT2D eigenvalue weighted by atomic mass is 32.2. The SMILES string of the molecule is CC[C@@H](C)NC(=O)[C@@H](CC)N(Cc1ccc(F)cc1)C(=O)CN(c1cccc(C(F)(F)F)c1)S(=O)(=O)c1ccccc1. The van der Waals surface area contributed by atoms with Gasteiger partial charge in [0.2, 0.25) is 11.8 Å². The fraction of sp³-hybridized carbons (Fsp3) is 0.333. The summed E-state index contributed by atoms with van der Waals surface area (Å²) in [6.45, 7) is 4.27. The third kappa shape index (κ3) is 8.09. The average Bonchev–Trinajstić information content (AvgIpc) is 2.96. The minimum Gasteiger partial charge on any atom is -0.352 e. The number of halogens is 4. The molecule has 0 aromatic heterocycles. The monoisotopic (exact) mass is 607 g/mol. The Balaban J connectivity index is 2.10. The van der Waals surface area contributed by atoms with E-state index in [4.69, 9.17) is 0 Å². The van der Waals surface area contributed by atoms with Crippen molar-refractivity contribution < 1.29 is 35.6 Å². The maximum absolute atomic E-state index is 14.0. The summed E-state index contributed by atoms with van der Waals surface area (Å²) >= 11 is 0. The molecule has 2 amide bonds. The molecular weight excluding hydrogens is 574 g/mol. The molecule has 3 aromatic carbocycles.